The first kappa shape index (κ1) is 26.4. The fraction of sp³-hybridized carbons (Fsp3) is 0.348. The topological polar surface area (TPSA) is 85.8 Å². The molecule has 0 radical (unpaired) electrons. The quantitative estimate of drug-likeness (QED) is 0.199. The molecule has 2 aromatic rings. The minimum Gasteiger partial charge on any atom is -0.357 e. The maximum atomic E-state index is 12.1. The Bertz CT molecular complexity index is 856. The van der Waals surface area contributed by atoms with E-state index in [2.05, 4.69) is 20.9 Å². The van der Waals surface area contributed by atoms with Crippen LogP contribution in [0.3, 0.4) is 0 Å². The third kappa shape index (κ3) is 9.37. The highest BCUT2D eigenvalue weighted by atomic mass is 127. The molecule has 2 rings (SSSR count). The fourth-order valence-electron chi connectivity index (χ4n) is 2.81. The van der Waals surface area contributed by atoms with Crippen LogP contribution in [-0.2, 0) is 6.42 Å². The lowest BCUT2D eigenvalue weighted by Gasteiger charge is -2.12. The lowest BCUT2D eigenvalue weighted by molar-refractivity contribution is 0.0827. The van der Waals surface area contributed by atoms with Gasteiger partial charge in [-0.2, -0.15) is 0 Å². The van der Waals surface area contributed by atoms with Crippen molar-refractivity contribution < 1.29 is 9.59 Å². The zero-order valence-corrected chi connectivity index (χ0v) is 20.7. The summed E-state index contributed by atoms with van der Waals surface area (Å²) in [4.78, 5) is 30.3. The molecule has 31 heavy (non-hydrogen) atoms. The Morgan fingerprint density at radius 3 is 2.26 bits per heavy atom. The predicted octanol–water partition coefficient (Wildman–Crippen LogP) is 2.53. The first-order valence-electron chi connectivity index (χ1n) is 10.2. The summed E-state index contributed by atoms with van der Waals surface area (Å²) in [6.07, 6.45) is 0.732. The molecule has 168 valence electrons. The molecular formula is C23H32IN5O2. The van der Waals surface area contributed by atoms with Gasteiger partial charge in [-0.05, 0) is 43.2 Å². The molecule has 0 atom stereocenters. The summed E-state index contributed by atoms with van der Waals surface area (Å²) in [5.41, 5.74) is 2.39. The van der Waals surface area contributed by atoms with E-state index in [1.807, 2.05) is 49.4 Å². The van der Waals surface area contributed by atoms with Crippen LogP contribution in [0.5, 0.6) is 0 Å². The minimum absolute atomic E-state index is 0. The number of nitrogens with one attached hydrogen (secondary N) is 3. The second kappa shape index (κ2) is 14.4. The smallest absolute Gasteiger partial charge is 0.253 e. The van der Waals surface area contributed by atoms with E-state index in [0.717, 1.165) is 18.5 Å². The Morgan fingerprint density at radius 2 is 1.58 bits per heavy atom. The number of hydrogen-bond acceptors (Lipinski definition) is 3. The van der Waals surface area contributed by atoms with Gasteiger partial charge in [0.15, 0.2) is 5.96 Å². The zero-order chi connectivity index (χ0) is 21.8. The monoisotopic (exact) mass is 537 g/mol. The molecular weight excluding hydrogens is 505 g/mol. The van der Waals surface area contributed by atoms with Gasteiger partial charge in [0.25, 0.3) is 11.8 Å². The molecule has 7 nitrogen and oxygen atoms in total. The highest BCUT2D eigenvalue weighted by Crippen LogP contribution is 2.08. The van der Waals surface area contributed by atoms with Gasteiger partial charge in [-0.1, -0.05) is 30.3 Å². The van der Waals surface area contributed by atoms with Gasteiger partial charge in [-0.25, -0.2) is 0 Å². The minimum atomic E-state index is -0.0912. The van der Waals surface area contributed by atoms with Gasteiger partial charge in [0.1, 0.15) is 0 Å². The number of carbonyl (C=O) groups is 2. The van der Waals surface area contributed by atoms with Crippen molar-refractivity contribution in [3.8, 4) is 0 Å². The number of halogens is 1. The first-order valence-corrected chi connectivity index (χ1v) is 10.2. The molecule has 0 unspecified atom stereocenters. The molecule has 0 aromatic heterocycles. The van der Waals surface area contributed by atoms with Crippen LogP contribution in [0.2, 0.25) is 0 Å². The maximum absolute atomic E-state index is 12.1. The molecule has 0 aliphatic heterocycles. The molecule has 0 saturated heterocycles. The summed E-state index contributed by atoms with van der Waals surface area (Å²) in [5.74, 6) is 0.603. The van der Waals surface area contributed by atoms with Crippen molar-refractivity contribution in [3.63, 3.8) is 0 Å². The molecule has 0 heterocycles. The van der Waals surface area contributed by atoms with Crippen LogP contribution in [0, 0.1) is 0 Å². The van der Waals surface area contributed by atoms with Gasteiger partial charge >= 0.3 is 0 Å². The number of rotatable bonds is 9. The van der Waals surface area contributed by atoms with Crippen molar-refractivity contribution in [3.05, 3.63) is 71.3 Å². The van der Waals surface area contributed by atoms with Crippen LogP contribution in [0.4, 0.5) is 0 Å². The van der Waals surface area contributed by atoms with Crippen molar-refractivity contribution in [2.75, 3.05) is 40.3 Å². The number of carbonyl (C=O) groups excluding carboxylic acids is 2. The van der Waals surface area contributed by atoms with Crippen molar-refractivity contribution in [1.29, 1.82) is 0 Å². The summed E-state index contributed by atoms with van der Waals surface area (Å²) >= 11 is 0. The highest BCUT2D eigenvalue weighted by Gasteiger charge is 2.08. The maximum Gasteiger partial charge on any atom is 0.253 e. The van der Waals surface area contributed by atoms with Crippen molar-refractivity contribution in [2.45, 2.75) is 13.3 Å². The molecule has 0 fully saturated rings. The summed E-state index contributed by atoms with van der Waals surface area (Å²) in [5, 5.41) is 9.30. The summed E-state index contributed by atoms with van der Waals surface area (Å²) in [7, 11) is 3.49. The van der Waals surface area contributed by atoms with E-state index in [0.29, 0.717) is 36.7 Å². The second-order valence-electron chi connectivity index (χ2n) is 6.96. The third-order valence-corrected chi connectivity index (χ3v) is 4.33. The van der Waals surface area contributed by atoms with Crippen LogP contribution < -0.4 is 16.0 Å². The molecule has 0 aliphatic rings. The molecule has 3 N–H and O–H groups in total. The van der Waals surface area contributed by atoms with E-state index >= 15 is 0 Å². The van der Waals surface area contributed by atoms with Crippen LogP contribution in [-0.4, -0.2) is 62.9 Å². The van der Waals surface area contributed by atoms with Crippen molar-refractivity contribution in [2.24, 2.45) is 4.99 Å². The van der Waals surface area contributed by atoms with Crippen LogP contribution in [0.25, 0.3) is 0 Å². The van der Waals surface area contributed by atoms with E-state index in [4.69, 9.17) is 0 Å². The number of nitrogens with zero attached hydrogens (tertiary/aromatic N) is 2. The van der Waals surface area contributed by atoms with E-state index in [1.165, 1.54) is 0 Å². The van der Waals surface area contributed by atoms with E-state index < -0.39 is 0 Å². The average molecular weight is 537 g/mol. The Hall–Kier alpha value is -2.62. The van der Waals surface area contributed by atoms with Crippen LogP contribution in [0.1, 0.15) is 33.2 Å². The van der Waals surface area contributed by atoms with Crippen LogP contribution in [0.15, 0.2) is 59.6 Å². The summed E-state index contributed by atoms with van der Waals surface area (Å²) in [6.45, 7) is 4.40. The van der Waals surface area contributed by atoms with Crippen molar-refractivity contribution >= 4 is 41.8 Å². The third-order valence-electron chi connectivity index (χ3n) is 4.33. The Labute approximate surface area is 201 Å². The molecule has 0 spiro atoms. The van der Waals surface area contributed by atoms with Gasteiger partial charge in [-0.15, -0.1) is 24.0 Å². The number of hydrogen-bond donors (Lipinski definition) is 3. The Kier molecular flexibility index (Phi) is 12.3. The largest absolute Gasteiger partial charge is 0.357 e. The number of guanidine groups is 1. The van der Waals surface area contributed by atoms with Crippen molar-refractivity contribution in [1.82, 2.24) is 20.9 Å². The zero-order valence-electron chi connectivity index (χ0n) is 18.4. The number of benzene rings is 2. The molecule has 8 heteroatoms. The number of aliphatic imine (C=N–C) groups is 1. The van der Waals surface area contributed by atoms with Gasteiger partial charge in [0, 0.05) is 51.4 Å². The predicted molar refractivity (Wildman–Crippen MR) is 136 cm³/mol. The lowest BCUT2D eigenvalue weighted by Crippen LogP contribution is -2.41. The lowest BCUT2D eigenvalue weighted by atomic mass is 10.1. The van der Waals surface area contributed by atoms with E-state index in [-0.39, 0.29) is 35.8 Å². The summed E-state index contributed by atoms with van der Waals surface area (Å²) < 4.78 is 0. The Morgan fingerprint density at radius 1 is 0.903 bits per heavy atom. The fourth-order valence-corrected chi connectivity index (χ4v) is 2.81. The summed E-state index contributed by atoms with van der Waals surface area (Å²) in [6, 6.07) is 16.8. The normalized spacial score (nSPS) is 10.6. The second-order valence-corrected chi connectivity index (χ2v) is 6.96. The van der Waals surface area contributed by atoms with E-state index in [1.54, 1.807) is 31.1 Å². The highest BCUT2D eigenvalue weighted by molar-refractivity contribution is 14.0. The Balaban J connectivity index is 0.00000480. The van der Waals surface area contributed by atoms with Gasteiger partial charge in [0.05, 0.1) is 0 Å². The van der Waals surface area contributed by atoms with Gasteiger partial charge in [0.2, 0.25) is 0 Å². The number of amides is 2. The van der Waals surface area contributed by atoms with Crippen LogP contribution >= 0.6 is 24.0 Å². The molecule has 0 saturated carbocycles. The molecule has 0 bridgehead atoms. The first-order chi connectivity index (χ1) is 14.5. The van der Waals surface area contributed by atoms with Gasteiger partial charge in [-0.3, -0.25) is 14.6 Å². The average Bonchev–Trinajstić information content (AvgIpc) is 2.76. The SMILES string of the molecule is CCNC(=NCCc1cccc(C(=O)N(C)C)c1)NCCNC(=O)c1ccccc1.I. The standard InChI is InChI=1S/C23H31N5O2.HI/c1-4-24-23(27-16-15-25-21(29)19-10-6-5-7-11-19)26-14-13-18-9-8-12-20(17-18)22(30)28(2)3;/h5-12,17H,4,13-16H2,1-3H3,(H,25,29)(H2,24,26,27);1H. The molecule has 0 aliphatic carbocycles. The molecule has 2 amide bonds. The molecule has 2 aromatic carbocycles. The van der Waals surface area contributed by atoms with Gasteiger partial charge < -0.3 is 20.9 Å². The van der Waals surface area contributed by atoms with E-state index in [9.17, 15) is 9.59 Å².